The van der Waals surface area contributed by atoms with Gasteiger partial charge >= 0.3 is 6.03 Å². The van der Waals surface area contributed by atoms with Crippen LogP contribution < -0.4 is 11.1 Å². The zero-order valence-corrected chi connectivity index (χ0v) is 10.1. The third-order valence-electron chi connectivity index (χ3n) is 3.15. The highest BCUT2D eigenvalue weighted by Gasteiger charge is 2.22. The first kappa shape index (κ1) is 12.8. The van der Waals surface area contributed by atoms with Gasteiger partial charge in [0.05, 0.1) is 6.04 Å². The maximum Gasteiger partial charge on any atom is 0.317 e. The second-order valence-electron chi connectivity index (χ2n) is 4.54. The van der Waals surface area contributed by atoms with Crippen LogP contribution in [0.25, 0.3) is 0 Å². The van der Waals surface area contributed by atoms with Gasteiger partial charge in [-0.2, -0.15) is 0 Å². The number of amides is 2. The average molecular weight is 226 g/mol. The number of hydrogen-bond donors (Lipinski definition) is 3. The Morgan fingerprint density at radius 3 is 2.56 bits per heavy atom. The van der Waals surface area contributed by atoms with Crippen LogP contribution in [0.1, 0.15) is 33.1 Å². The minimum absolute atomic E-state index is 0.0289. The maximum atomic E-state index is 11.8. The van der Waals surface area contributed by atoms with Gasteiger partial charge < -0.3 is 16.0 Å². The van der Waals surface area contributed by atoms with Crippen molar-refractivity contribution in [2.45, 2.75) is 39.2 Å². The molecule has 1 saturated heterocycles. The molecule has 0 bridgehead atoms. The highest BCUT2D eigenvalue weighted by atomic mass is 16.2. The molecule has 2 amide bonds. The summed E-state index contributed by atoms with van der Waals surface area (Å²) in [4.78, 5) is 13.7. The van der Waals surface area contributed by atoms with Crippen LogP contribution in [0, 0.1) is 11.3 Å². The summed E-state index contributed by atoms with van der Waals surface area (Å²) in [5, 5.41) is 10.1. The summed E-state index contributed by atoms with van der Waals surface area (Å²) in [7, 11) is 0. The molecule has 92 valence electrons. The first-order chi connectivity index (χ1) is 7.54. The first-order valence-electron chi connectivity index (χ1n) is 5.94. The number of piperidine rings is 1. The predicted molar refractivity (Wildman–Crippen MR) is 64.5 cm³/mol. The fraction of sp³-hybridized carbons (Fsp3) is 0.818. The number of carbonyl (C=O) groups excluding carboxylic acids is 1. The van der Waals surface area contributed by atoms with Crippen molar-refractivity contribution in [1.29, 1.82) is 5.41 Å². The quantitative estimate of drug-likeness (QED) is 0.498. The van der Waals surface area contributed by atoms with E-state index in [0.29, 0.717) is 12.3 Å². The molecule has 4 N–H and O–H groups in total. The van der Waals surface area contributed by atoms with E-state index in [2.05, 4.69) is 12.2 Å². The zero-order valence-electron chi connectivity index (χ0n) is 10.1. The van der Waals surface area contributed by atoms with Gasteiger partial charge in [-0.3, -0.25) is 5.41 Å². The topological polar surface area (TPSA) is 82.2 Å². The van der Waals surface area contributed by atoms with E-state index in [9.17, 15) is 4.79 Å². The number of rotatable bonds is 3. The monoisotopic (exact) mass is 226 g/mol. The van der Waals surface area contributed by atoms with E-state index in [-0.39, 0.29) is 17.9 Å². The third kappa shape index (κ3) is 3.40. The molecule has 0 spiro atoms. The molecule has 0 aliphatic carbocycles. The van der Waals surface area contributed by atoms with E-state index < -0.39 is 0 Å². The van der Waals surface area contributed by atoms with Crippen LogP contribution >= 0.6 is 0 Å². The molecule has 0 saturated carbocycles. The fourth-order valence-corrected chi connectivity index (χ4v) is 1.85. The molecule has 1 aliphatic rings. The lowest BCUT2D eigenvalue weighted by molar-refractivity contribution is 0.172. The average Bonchev–Trinajstić information content (AvgIpc) is 2.26. The van der Waals surface area contributed by atoms with Crippen molar-refractivity contribution in [3.63, 3.8) is 0 Å². The van der Waals surface area contributed by atoms with Gasteiger partial charge in [-0.25, -0.2) is 4.79 Å². The lowest BCUT2D eigenvalue weighted by Gasteiger charge is -2.31. The molecule has 0 aromatic carbocycles. The van der Waals surface area contributed by atoms with E-state index in [1.54, 1.807) is 0 Å². The van der Waals surface area contributed by atoms with Gasteiger partial charge in [-0.05, 0) is 25.2 Å². The van der Waals surface area contributed by atoms with Crippen LogP contribution in [0.15, 0.2) is 0 Å². The molecule has 0 aromatic heterocycles. The van der Waals surface area contributed by atoms with Crippen molar-refractivity contribution in [3.8, 4) is 0 Å². The Bertz CT molecular complexity index is 259. The van der Waals surface area contributed by atoms with Crippen molar-refractivity contribution in [2.75, 3.05) is 13.1 Å². The Labute approximate surface area is 96.9 Å². The molecule has 5 nitrogen and oxygen atoms in total. The highest BCUT2D eigenvalue weighted by molar-refractivity contribution is 5.87. The Kier molecular flexibility index (Phi) is 4.58. The number of carbonyl (C=O) groups is 1. The second-order valence-corrected chi connectivity index (χ2v) is 4.54. The largest absolute Gasteiger partial charge is 0.386 e. The Balaban J connectivity index is 2.42. The van der Waals surface area contributed by atoms with Crippen LogP contribution in [-0.4, -0.2) is 35.9 Å². The molecule has 1 heterocycles. The standard InChI is InChI=1S/C11H22N4O/c1-3-9(10(12)13)14-11(16)15-6-4-8(2)5-7-15/h8-9H,3-7H2,1-2H3,(H3,12,13)(H,14,16). The van der Waals surface area contributed by atoms with Crippen LogP contribution in [0.4, 0.5) is 4.79 Å². The Morgan fingerprint density at radius 1 is 1.56 bits per heavy atom. The van der Waals surface area contributed by atoms with Gasteiger partial charge in [-0.1, -0.05) is 13.8 Å². The van der Waals surface area contributed by atoms with E-state index in [4.69, 9.17) is 11.1 Å². The van der Waals surface area contributed by atoms with Crippen LogP contribution in [-0.2, 0) is 0 Å². The minimum atomic E-state index is -0.327. The van der Waals surface area contributed by atoms with Gasteiger partial charge in [-0.15, -0.1) is 0 Å². The number of nitrogens with one attached hydrogen (secondary N) is 2. The van der Waals surface area contributed by atoms with Crippen LogP contribution in [0.5, 0.6) is 0 Å². The third-order valence-corrected chi connectivity index (χ3v) is 3.15. The van der Waals surface area contributed by atoms with E-state index in [0.717, 1.165) is 25.9 Å². The smallest absolute Gasteiger partial charge is 0.317 e. The number of nitrogens with zero attached hydrogens (tertiary/aromatic N) is 1. The van der Waals surface area contributed by atoms with E-state index >= 15 is 0 Å². The second kappa shape index (κ2) is 5.72. The van der Waals surface area contributed by atoms with E-state index in [1.165, 1.54) is 0 Å². The molecule has 1 aliphatic heterocycles. The van der Waals surface area contributed by atoms with Gasteiger partial charge in [0.2, 0.25) is 0 Å². The number of nitrogens with two attached hydrogens (primary N) is 1. The molecule has 1 atom stereocenters. The number of likely N-dealkylation sites (tertiary alicyclic amines) is 1. The summed E-state index contributed by atoms with van der Waals surface area (Å²) in [5.74, 6) is 0.736. The SMILES string of the molecule is CCC(NC(=O)N1CCC(C)CC1)C(=N)N. The molecule has 1 fully saturated rings. The Morgan fingerprint density at radius 2 is 2.12 bits per heavy atom. The van der Waals surface area contributed by atoms with E-state index in [1.807, 2.05) is 11.8 Å². The highest BCUT2D eigenvalue weighted by Crippen LogP contribution is 2.15. The summed E-state index contributed by atoms with van der Waals surface area (Å²) < 4.78 is 0. The molecule has 16 heavy (non-hydrogen) atoms. The van der Waals surface area contributed by atoms with Crippen LogP contribution in [0.2, 0.25) is 0 Å². The molecule has 0 aromatic rings. The minimum Gasteiger partial charge on any atom is -0.386 e. The number of hydrogen-bond acceptors (Lipinski definition) is 2. The summed E-state index contributed by atoms with van der Waals surface area (Å²) in [6, 6.07) is -0.416. The van der Waals surface area contributed by atoms with Crippen molar-refractivity contribution >= 4 is 11.9 Å². The van der Waals surface area contributed by atoms with Crippen molar-refractivity contribution in [3.05, 3.63) is 0 Å². The predicted octanol–water partition coefficient (Wildman–Crippen LogP) is 1.14. The first-order valence-corrected chi connectivity index (χ1v) is 5.94. The zero-order chi connectivity index (χ0) is 12.1. The maximum absolute atomic E-state index is 11.8. The molecule has 5 heteroatoms. The molecular formula is C11H22N4O. The Hall–Kier alpha value is -1.26. The normalized spacial score (nSPS) is 19.2. The lowest BCUT2D eigenvalue weighted by Crippen LogP contribution is -2.51. The van der Waals surface area contributed by atoms with Gasteiger partial charge in [0.1, 0.15) is 5.84 Å². The van der Waals surface area contributed by atoms with Gasteiger partial charge in [0.15, 0.2) is 0 Å². The summed E-state index contributed by atoms with van der Waals surface area (Å²) >= 11 is 0. The van der Waals surface area contributed by atoms with Gasteiger partial charge in [0, 0.05) is 13.1 Å². The summed E-state index contributed by atoms with van der Waals surface area (Å²) in [5.41, 5.74) is 5.40. The van der Waals surface area contributed by atoms with Crippen molar-refractivity contribution < 1.29 is 4.79 Å². The molecule has 1 rings (SSSR count). The molecular weight excluding hydrogens is 204 g/mol. The summed E-state index contributed by atoms with van der Waals surface area (Å²) in [6.45, 7) is 5.73. The van der Waals surface area contributed by atoms with Crippen molar-refractivity contribution in [1.82, 2.24) is 10.2 Å². The number of urea groups is 1. The van der Waals surface area contributed by atoms with Crippen molar-refractivity contribution in [2.24, 2.45) is 11.7 Å². The number of amidine groups is 1. The molecule has 0 radical (unpaired) electrons. The lowest BCUT2D eigenvalue weighted by atomic mass is 10.00. The van der Waals surface area contributed by atoms with Crippen LogP contribution in [0.3, 0.4) is 0 Å². The summed E-state index contributed by atoms with van der Waals surface area (Å²) in [6.07, 6.45) is 2.78. The fourth-order valence-electron chi connectivity index (χ4n) is 1.85. The van der Waals surface area contributed by atoms with Gasteiger partial charge in [0.25, 0.3) is 0 Å². The molecule has 1 unspecified atom stereocenters.